The van der Waals surface area contributed by atoms with Crippen LogP contribution in [-0.2, 0) is 31.4 Å². The van der Waals surface area contributed by atoms with Crippen LogP contribution >= 0.6 is 0 Å². The van der Waals surface area contributed by atoms with Crippen molar-refractivity contribution in [2.24, 2.45) is 7.05 Å². The molecule has 0 spiro atoms. The van der Waals surface area contributed by atoms with Crippen molar-refractivity contribution in [1.82, 2.24) is 23.7 Å². The smallest absolute Gasteiger partial charge is 0.336 e. The van der Waals surface area contributed by atoms with Crippen LogP contribution in [0.4, 0.5) is 10.1 Å². The molecule has 0 fully saturated rings. The molecule has 0 aliphatic carbocycles. The maximum atomic E-state index is 14.0. The van der Waals surface area contributed by atoms with E-state index in [1.807, 2.05) is 122 Å². The van der Waals surface area contributed by atoms with E-state index in [0.717, 1.165) is 85.6 Å². The van der Waals surface area contributed by atoms with Crippen LogP contribution in [-0.4, -0.2) is 74.1 Å². The number of para-hydroxylation sites is 3. The van der Waals surface area contributed by atoms with Gasteiger partial charge in [-0.05, 0) is 132 Å². The second kappa shape index (κ2) is 24.8. The number of carboxylic acid groups (broad SMARTS) is 2. The zero-order valence-corrected chi connectivity index (χ0v) is 45.5. The molecule has 3 heterocycles. The molecule has 0 radical (unpaired) electrons. The molecule has 80 heavy (non-hydrogen) atoms. The first-order valence-corrected chi connectivity index (χ1v) is 26.9. The van der Waals surface area contributed by atoms with Crippen molar-refractivity contribution in [2.45, 2.75) is 91.0 Å². The number of aromatic carboxylic acids is 1. The Morgan fingerprint density at radius 1 is 0.688 bits per heavy atom. The number of hydrogen-bond donors (Lipinski definition) is 5. The molecule has 1 amide bonds. The minimum Gasteiger partial charge on any atom is -0.481 e. The molecule has 13 nitrogen and oxygen atoms in total. The van der Waals surface area contributed by atoms with Crippen molar-refractivity contribution >= 4 is 45.6 Å². The Morgan fingerprint density at radius 3 is 2.00 bits per heavy atom. The molecule has 0 aliphatic heterocycles. The first-order valence-electron chi connectivity index (χ1n) is 26.9. The SMILES string of the molecule is CC(C)c1c(C(=O)Nc2ccccc2)c(-c2ccccc2)c(-c2ccc(F)cc2)n1CC[C@@H](O)C[C@@H](O)CC(=O)O.CCCc1nc2c(C)cc(-c3nc4ccccc4n3C)cc2n1Cc1ccc(-c2ccccc2C(=O)O)cc1. The van der Waals surface area contributed by atoms with Crippen LogP contribution < -0.4 is 5.32 Å². The number of carboxylic acids is 2. The van der Waals surface area contributed by atoms with E-state index < -0.39 is 30.6 Å². The van der Waals surface area contributed by atoms with Gasteiger partial charge in [0.05, 0.1) is 57.5 Å². The number of carbonyl (C=O) groups excluding carboxylic acids is 1. The van der Waals surface area contributed by atoms with E-state index in [2.05, 4.69) is 65.7 Å². The monoisotopic (exact) mass is 1070 g/mol. The van der Waals surface area contributed by atoms with Gasteiger partial charge in [-0.25, -0.2) is 19.2 Å². The highest BCUT2D eigenvalue weighted by Gasteiger charge is 2.31. The number of halogens is 1. The lowest BCUT2D eigenvalue weighted by Gasteiger charge is -2.20. The van der Waals surface area contributed by atoms with Crippen LogP contribution in [0.3, 0.4) is 0 Å². The largest absolute Gasteiger partial charge is 0.481 e. The number of amides is 1. The molecule has 0 saturated heterocycles. The number of anilines is 1. The summed E-state index contributed by atoms with van der Waals surface area (Å²) < 4.78 is 20.5. The molecule has 2 atom stereocenters. The average molecular weight is 1070 g/mol. The summed E-state index contributed by atoms with van der Waals surface area (Å²) in [7, 11) is 2.06. The Morgan fingerprint density at radius 2 is 1.34 bits per heavy atom. The molecule has 0 unspecified atom stereocenters. The van der Waals surface area contributed by atoms with E-state index in [9.17, 15) is 34.1 Å². The van der Waals surface area contributed by atoms with E-state index in [4.69, 9.17) is 15.1 Å². The van der Waals surface area contributed by atoms with Crippen molar-refractivity contribution in [3.8, 4) is 44.9 Å². The molecule has 10 rings (SSSR count). The zero-order chi connectivity index (χ0) is 56.6. The van der Waals surface area contributed by atoms with E-state index in [1.165, 1.54) is 12.1 Å². The molecule has 14 heteroatoms. The number of fused-ring (bicyclic) bond motifs is 2. The third kappa shape index (κ3) is 12.3. The van der Waals surface area contributed by atoms with Crippen molar-refractivity contribution in [1.29, 1.82) is 0 Å². The van der Waals surface area contributed by atoms with Crippen LogP contribution in [0.5, 0.6) is 0 Å². The minimum absolute atomic E-state index is 0.0939. The number of benzene rings is 7. The van der Waals surface area contributed by atoms with E-state index >= 15 is 0 Å². The van der Waals surface area contributed by atoms with E-state index in [-0.39, 0.29) is 37.0 Å². The van der Waals surface area contributed by atoms with Gasteiger partial charge in [-0.1, -0.05) is 124 Å². The van der Waals surface area contributed by atoms with Gasteiger partial charge in [-0.3, -0.25) is 9.59 Å². The quantitative estimate of drug-likeness (QED) is 0.0526. The van der Waals surface area contributed by atoms with Gasteiger partial charge in [-0.2, -0.15) is 0 Å². The number of aliphatic carboxylic acids is 1. The fourth-order valence-corrected chi connectivity index (χ4v) is 10.7. The van der Waals surface area contributed by atoms with Crippen molar-refractivity contribution in [3.05, 3.63) is 209 Å². The van der Waals surface area contributed by atoms with Crippen LogP contribution in [0, 0.1) is 12.7 Å². The van der Waals surface area contributed by atoms with Crippen LogP contribution in [0.2, 0.25) is 0 Å². The van der Waals surface area contributed by atoms with Crippen molar-refractivity contribution in [2.75, 3.05) is 5.32 Å². The Balaban J connectivity index is 0.000000194. The van der Waals surface area contributed by atoms with Crippen LogP contribution in [0.1, 0.15) is 95.7 Å². The summed E-state index contributed by atoms with van der Waals surface area (Å²) in [6.45, 7) is 9.23. The third-order valence-electron chi connectivity index (χ3n) is 14.3. The fourth-order valence-electron chi connectivity index (χ4n) is 10.7. The Bertz CT molecular complexity index is 3810. The molecule has 7 aromatic carbocycles. The highest BCUT2D eigenvalue weighted by atomic mass is 19.1. The number of carbonyl (C=O) groups is 3. The highest BCUT2D eigenvalue weighted by Crippen LogP contribution is 2.43. The standard InChI is InChI=1S/C33H35FN2O5.C33H30N4O2/c1-21(2)31-30(33(41)35-25-11-7-4-8-12-25)29(22-9-5-3-6-10-22)32(23-13-15-24(34)16-14-23)36(31)18-17-26(37)19-27(38)20-28(39)40;1-4-9-30-35-31-21(2)18-24(32-34-27-12-7-8-13-28(27)36(32)3)19-29(31)37(30)20-22-14-16-23(17-15-22)25-10-5-6-11-26(25)33(38)39/h3-16,21,26-27,37-38H,17-20H2,1-2H3,(H,35,41)(H,39,40);5-8,10-19H,4,9,20H2,1-3H3,(H,38,39)/t26-,27-;/m1./s1. The minimum atomic E-state index is -1.18. The molecular formula is C66H65FN6O7. The summed E-state index contributed by atoms with van der Waals surface area (Å²) in [6, 6.07) is 52.7. The first-order chi connectivity index (χ1) is 38.6. The van der Waals surface area contributed by atoms with Gasteiger partial charge in [0, 0.05) is 49.1 Å². The van der Waals surface area contributed by atoms with Crippen LogP contribution in [0.15, 0.2) is 170 Å². The lowest BCUT2D eigenvalue weighted by atomic mass is 9.94. The number of aryl methyl sites for hydroxylation is 3. The fraction of sp³-hybridized carbons (Fsp3) is 0.227. The Kier molecular flexibility index (Phi) is 17.3. The number of nitrogens with one attached hydrogen (secondary N) is 1. The summed E-state index contributed by atoms with van der Waals surface area (Å²) >= 11 is 0. The highest BCUT2D eigenvalue weighted by molar-refractivity contribution is 6.12. The van der Waals surface area contributed by atoms with Gasteiger partial charge in [0.25, 0.3) is 5.91 Å². The van der Waals surface area contributed by atoms with Gasteiger partial charge in [0.1, 0.15) is 17.5 Å². The number of hydrogen-bond acceptors (Lipinski definition) is 7. The van der Waals surface area contributed by atoms with Gasteiger partial charge in [0.2, 0.25) is 0 Å². The summed E-state index contributed by atoms with van der Waals surface area (Å²) in [5.74, 6) is -0.850. The zero-order valence-electron chi connectivity index (χ0n) is 45.5. The molecular weight excluding hydrogens is 1010 g/mol. The number of imidazole rings is 2. The lowest BCUT2D eigenvalue weighted by Crippen LogP contribution is -2.22. The molecule has 0 saturated carbocycles. The lowest BCUT2D eigenvalue weighted by molar-refractivity contribution is -0.139. The first kappa shape index (κ1) is 55.8. The molecule has 10 aromatic rings. The number of aromatic nitrogens is 5. The number of aliphatic hydroxyl groups excluding tert-OH is 2. The maximum absolute atomic E-state index is 14.0. The predicted octanol–water partition coefficient (Wildman–Crippen LogP) is 13.6. The van der Waals surface area contributed by atoms with Crippen molar-refractivity contribution < 1.29 is 39.2 Å². The average Bonchev–Trinajstić information content (AvgIpc) is 4.21. The number of aliphatic hydroxyl groups is 2. The number of rotatable bonds is 19. The summed E-state index contributed by atoms with van der Waals surface area (Å²) in [5.41, 5.74) is 14.2. The predicted molar refractivity (Wildman–Crippen MR) is 313 cm³/mol. The molecule has 0 aliphatic rings. The second-order valence-electron chi connectivity index (χ2n) is 20.5. The third-order valence-corrected chi connectivity index (χ3v) is 14.3. The molecule has 408 valence electrons. The Labute approximate surface area is 464 Å². The van der Waals surface area contributed by atoms with Gasteiger partial charge < -0.3 is 39.4 Å². The summed E-state index contributed by atoms with van der Waals surface area (Å²) in [5, 5.41) is 42.4. The maximum Gasteiger partial charge on any atom is 0.336 e. The van der Waals surface area contributed by atoms with E-state index in [0.29, 0.717) is 40.2 Å². The van der Waals surface area contributed by atoms with Gasteiger partial charge in [-0.15, -0.1) is 0 Å². The summed E-state index contributed by atoms with van der Waals surface area (Å²) in [4.78, 5) is 46.7. The van der Waals surface area contributed by atoms with Crippen LogP contribution in [0.25, 0.3) is 67.0 Å². The Hall–Kier alpha value is -8.98. The van der Waals surface area contributed by atoms with Gasteiger partial charge in [0.15, 0.2) is 0 Å². The topological polar surface area (TPSA) is 185 Å². The van der Waals surface area contributed by atoms with E-state index in [1.54, 1.807) is 24.3 Å². The molecule has 3 aromatic heterocycles. The summed E-state index contributed by atoms with van der Waals surface area (Å²) in [6.07, 6.45) is -0.614. The number of nitrogens with zero attached hydrogens (tertiary/aromatic N) is 5. The second-order valence-corrected chi connectivity index (χ2v) is 20.5. The van der Waals surface area contributed by atoms with Crippen molar-refractivity contribution in [3.63, 3.8) is 0 Å². The molecule has 5 N–H and O–H groups in total. The van der Waals surface area contributed by atoms with Gasteiger partial charge >= 0.3 is 11.9 Å². The normalized spacial score (nSPS) is 12.1. The molecule has 0 bridgehead atoms.